The summed E-state index contributed by atoms with van der Waals surface area (Å²) in [6.07, 6.45) is 5.58. The fraction of sp³-hybridized carbons (Fsp3) is 0.0233. The van der Waals surface area contributed by atoms with Crippen LogP contribution in [0.3, 0.4) is 0 Å². The van der Waals surface area contributed by atoms with E-state index in [0.29, 0.717) is 0 Å². The van der Waals surface area contributed by atoms with Gasteiger partial charge in [-0.15, -0.1) is 161 Å². The quantitative estimate of drug-likeness (QED) is 0.0947. The van der Waals surface area contributed by atoms with Crippen LogP contribution in [0.4, 0.5) is 0 Å². The van der Waals surface area contributed by atoms with E-state index in [0.717, 1.165) is 190 Å². The Morgan fingerprint density at radius 3 is 0.882 bits per heavy atom. The van der Waals surface area contributed by atoms with E-state index in [4.69, 9.17) is 19.9 Å². The summed E-state index contributed by atoms with van der Waals surface area (Å²) in [7, 11) is 6.24. The van der Waals surface area contributed by atoms with Crippen molar-refractivity contribution in [3.63, 3.8) is 0 Å². The van der Waals surface area contributed by atoms with Crippen molar-refractivity contribution in [1.82, 2.24) is 57.3 Å². The first-order valence-corrected chi connectivity index (χ1v) is 47.2. The number of aryl methyl sites for hydroxylation is 3. The maximum absolute atomic E-state index is 5.15. The minimum Gasteiger partial charge on any atom is -0.367 e. The van der Waals surface area contributed by atoms with Crippen LogP contribution < -0.4 is 0 Å². The topological polar surface area (TPSA) is 107 Å². The Labute approximate surface area is 876 Å². The van der Waals surface area contributed by atoms with Crippen LogP contribution in [0, 0.1) is 36.4 Å². The van der Waals surface area contributed by atoms with Crippen molar-refractivity contribution >= 4 is 98.5 Å². The van der Waals surface area contributed by atoms with Gasteiger partial charge in [0.25, 0.3) is 0 Å². The average Bonchev–Trinajstić information content (AvgIpc) is 1.58. The Kier molecular flexibility index (Phi) is 25.5. The first-order chi connectivity index (χ1) is 69.6. The van der Waals surface area contributed by atoms with Gasteiger partial charge in [-0.3, -0.25) is 15.0 Å². The minimum absolute atomic E-state index is 0. The van der Waals surface area contributed by atoms with E-state index in [2.05, 4.69) is 459 Å². The molecule has 0 amide bonds. The number of para-hydroxylation sites is 1. The summed E-state index contributed by atoms with van der Waals surface area (Å²) in [4.78, 5) is 29.4. The summed E-state index contributed by atoms with van der Waals surface area (Å²) in [5, 5.41) is 6.90. The van der Waals surface area contributed by atoms with Gasteiger partial charge in [-0.25, -0.2) is 0 Å². The molecule has 0 aliphatic rings. The summed E-state index contributed by atoms with van der Waals surface area (Å²) in [5.41, 5.74) is 37.5. The standard InChI is InChI=1S/3C43H28N4.3Pt/c1-46-42-27-32(30-13-6-3-7-14-30)19-22-39(42)45-43(46)34-18-21-36-37-26-31(29-11-4-2-5-12-29)20-23-40(37)47(41(36)28-34)35-16-10-15-33(25-35)38-17-8-9-24-44-38;1-46-41-23-20-32(30-13-6-3-7-14-30)27-39(41)45-43(46)34-18-21-36-37-26-31(29-11-4-2-5-12-29)19-22-40(37)47(42(36)28-34)35-16-10-15-33(25-35)38-17-8-9-24-44-38;1-46-41-24-21-31(29-11-4-2-5-12-29)26-39(41)45-43(46)33-19-22-37-36-17-8-9-18-40(36)47(42(37)27-33)35-16-10-15-32(25-35)38-23-20-34(28-44-38)30-13-6-3-7-14-30;;;/h2*2-24,26-27H,1H3;2-24,26,28H,1H3;;;/q3*-2;3*+2. The Morgan fingerprint density at radius 2 is 0.500 bits per heavy atom. The van der Waals surface area contributed by atoms with Crippen LogP contribution >= 0.6 is 0 Å². The maximum atomic E-state index is 5.15. The molecule has 12 nitrogen and oxygen atoms in total. The van der Waals surface area contributed by atoms with Crippen LogP contribution in [0.1, 0.15) is 0 Å². The van der Waals surface area contributed by atoms with Crippen molar-refractivity contribution in [3.8, 4) is 152 Å². The summed E-state index contributed by atoms with van der Waals surface area (Å²) < 4.78 is 13.3. The molecule has 0 N–H and O–H groups in total. The van der Waals surface area contributed by atoms with Crippen molar-refractivity contribution in [3.05, 3.63) is 492 Å². The number of fused-ring (bicyclic) bond motifs is 12. The number of rotatable bonds is 15. The molecule has 0 unspecified atom stereocenters. The van der Waals surface area contributed by atoms with Crippen LogP contribution in [-0.2, 0) is 84.3 Å². The van der Waals surface area contributed by atoms with Crippen LogP contribution in [0.5, 0.6) is 0 Å². The van der Waals surface area contributed by atoms with Crippen LogP contribution in [-0.4, -0.2) is 57.3 Å². The normalized spacial score (nSPS) is 11.3. The first kappa shape index (κ1) is 92.3. The van der Waals surface area contributed by atoms with Gasteiger partial charge in [-0.2, -0.15) is 0 Å². The number of aromatic nitrogens is 12. The van der Waals surface area contributed by atoms with Gasteiger partial charge in [0.15, 0.2) is 0 Å². The minimum atomic E-state index is 0. The molecule has 0 radical (unpaired) electrons. The molecule has 0 spiro atoms. The van der Waals surface area contributed by atoms with Crippen molar-refractivity contribution in [2.75, 3.05) is 0 Å². The number of pyridine rings is 3. The van der Waals surface area contributed by atoms with E-state index >= 15 is 0 Å². The van der Waals surface area contributed by atoms with E-state index < -0.39 is 0 Å². The molecular formula is C129H84N12Pt3. The van der Waals surface area contributed by atoms with E-state index in [1.807, 2.05) is 91.4 Å². The van der Waals surface area contributed by atoms with Gasteiger partial charge in [0, 0.05) is 56.3 Å². The van der Waals surface area contributed by atoms with Gasteiger partial charge < -0.3 is 42.4 Å². The molecule has 0 atom stereocenters. The molecule has 27 rings (SSSR count). The van der Waals surface area contributed by atoms with Crippen molar-refractivity contribution in [2.45, 2.75) is 0 Å². The molecule has 0 saturated carbocycles. The molecule has 0 bridgehead atoms. The molecule has 0 aliphatic heterocycles. The second kappa shape index (κ2) is 39.8. The van der Waals surface area contributed by atoms with E-state index in [1.54, 1.807) is 0 Å². The molecule has 18 aromatic carbocycles. The van der Waals surface area contributed by atoms with Gasteiger partial charge in [-0.1, -0.05) is 295 Å². The second-order valence-corrected chi connectivity index (χ2v) is 35.4. The molecule has 9 aromatic heterocycles. The number of hydrogen-bond donors (Lipinski definition) is 0. The molecule has 0 saturated heterocycles. The molecule has 0 aliphatic carbocycles. The summed E-state index contributed by atoms with van der Waals surface area (Å²) in [6, 6.07) is 175. The smallest absolute Gasteiger partial charge is 0.367 e. The summed E-state index contributed by atoms with van der Waals surface area (Å²) in [5.74, 6) is 2.63. The number of benzene rings is 18. The van der Waals surface area contributed by atoms with Gasteiger partial charge in [0.1, 0.15) is 0 Å². The van der Waals surface area contributed by atoms with E-state index in [9.17, 15) is 0 Å². The summed E-state index contributed by atoms with van der Waals surface area (Å²) >= 11 is 0. The molecular weight excluding hydrogens is 2300 g/mol. The first-order valence-electron chi connectivity index (χ1n) is 47.2. The zero-order valence-corrected chi connectivity index (χ0v) is 84.9. The van der Waals surface area contributed by atoms with Crippen molar-refractivity contribution in [2.24, 2.45) is 21.1 Å². The molecule has 0 fully saturated rings. The second-order valence-electron chi connectivity index (χ2n) is 35.4. The predicted octanol–water partition coefficient (Wildman–Crippen LogP) is 31.0. The van der Waals surface area contributed by atoms with Crippen LogP contribution in [0.15, 0.2) is 455 Å². The molecule has 27 aromatic rings. The average molecular weight is 2390 g/mol. The zero-order valence-electron chi connectivity index (χ0n) is 78.1. The fourth-order valence-electron chi connectivity index (χ4n) is 19.9. The van der Waals surface area contributed by atoms with E-state index in [-0.39, 0.29) is 63.2 Å². The van der Waals surface area contributed by atoms with Crippen molar-refractivity contribution in [1.29, 1.82) is 0 Å². The Hall–Kier alpha value is -16.7. The molecule has 15 heteroatoms. The van der Waals surface area contributed by atoms with E-state index in [1.165, 1.54) is 60.7 Å². The van der Waals surface area contributed by atoms with Gasteiger partial charge in [0.2, 0.25) is 0 Å². The third kappa shape index (κ3) is 17.3. The monoisotopic (exact) mass is 2390 g/mol. The largest absolute Gasteiger partial charge is 2.00 e. The number of imidazole rings is 3. The number of hydrogen-bond acceptors (Lipinski definition) is 6. The Balaban J connectivity index is 0.000000122. The van der Waals surface area contributed by atoms with Gasteiger partial charge in [0.05, 0.1) is 50.6 Å². The molecule has 9 heterocycles. The Morgan fingerprint density at radius 1 is 0.188 bits per heavy atom. The van der Waals surface area contributed by atoms with Gasteiger partial charge in [-0.05, 0) is 200 Å². The SMILES string of the molecule is Cn1c(-c2[c-]c3c(cc2)c2cc(-c4ccccc4)ccc2n3-c2[c-]c(-c3ccccn3)ccc2)nc2cc(-c3ccccc3)ccc21.Cn1c(-c2[c-]c3c(cc2)c2cc(-c4ccccc4)ccc2n3-c2[c-]c(-c3ccccn3)ccc2)nc2ccc(-c3ccccc3)cc21.Cn1c(-c2[c-]c3c(cc2)c2ccccc2n3-c2[c-]c(-c3ccc(-c4ccccc4)cn3)ccc2)nc2cc(-c3ccccc3)ccc21.[Pt+2].[Pt+2].[Pt+2]. The third-order valence-electron chi connectivity index (χ3n) is 26.9. The van der Waals surface area contributed by atoms with Crippen molar-refractivity contribution < 1.29 is 63.2 Å². The number of nitrogens with zero attached hydrogens (tertiary/aromatic N) is 12. The van der Waals surface area contributed by atoms with Crippen LogP contribution in [0.2, 0.25) is 0 Å². The summed E-state index contributed by atoms with van der Waals surface area (Å²) in [6.45, 7) is 0. The zero-order chi connectivity index (χ0) is 94.0. The predicted molar refractivity (Wildman–Crippen MR) is 577 cm³/mol. The molecule has 690 valence electrons. The maximum Gasteiger partial charge on any atom is 2.00 e. The Bertz CT molecular complexity index is 9190. The molecule has 144 heavy (non-hydrogen) atoms. The third-order valence-corrected chi connectivity index (χ3v) is 26.9. The fourth-order valence-corrected chi connectivity index (χ4v) is 19.9. The van der Waals surface area contributed by atoms with Gasteiger partial charge >= 0.3 is 63.2 Å². The van der Waals surface area contributed by atoms with Crippen LogP contribution in [0.25, 0.3) is 250 Å².